The summed E-state index contributed by atoms with van der Waals surface area (Å²) in [6.45, 7) is 3.94. The molecule has 0 bridgehead atoms. The molecule has 0 radical (unpaired) electrons. The molecule has 18 heavy (non-hydrogen) atoms. The lowest BCUT2D eigenvalue weighted by Gasteiger charge is -2.50. The first-order valence-electron chi connectivity index (χ1n) is 5.84. The fourth-order valence-electron chi connectivity index (χ4n) is 2.08. The van der Waals surface area contributed by atoms with Crippen LogP contribution in [0.3, 0.4) is 0 Å². The minimum Gasteiger partial charge on any atom is -0.349 e. The molecule has 0 spiro atoms. The van der Waals surface area contributed by atoms with E-state index in [0.717, 1.165) is 12.1 Å². The number of carbonyl (C=O) groups excluding carboxylic acids is 1. The molecular formula is C13H16F2N2O. The maximum Gasteiger partial charge on any atom is 0.251 e. The zero-order valence-electron chi connectivity index (χ0n) is 10.3. The molecule has 0 saturated heterocycles. The van der Waals surface area contributed by atoms with Gasteiger partial charge in [-0.1, -0.05) is 13.8 Å². The van der Waals surface area contributed by atoms with E-state index >= 15 is 0 Å². The summed E-state index contributed by atoms with van der Waals surface area (Å²) in [6, 6.07) is 3.12. The maximum absolute atomic E-state index is 13.0. The predicted molar refractivity (Wildman–Crippen MR) is 64.0 cm³/mol. The van der Waals surface area contributed by atoms with Crippen molar-refractivity contribution in [1.82, 2.24) is 5.32 Å². The van der Waals surface area contributed by atoms with Gasteiger partial charge in [-0.15, -0.1) is 0 Å². The summed E-state index contributed by atoms with van der Waals surface area (Å²) in [7, 11) is 0. The highest BCUT2D eigenvalue weighted by Crippen LogP contribution is 2.39. The summed E-state index contributed by atoms with van der Waals surface area (Å²) in [5, 5.41) is 2.79. The van der Waals surface area contributed by atoms with Crippen molar-refractivity contribution in [3.8, 4) is 0 Å². The second kappa shape index (κ2) is 4.31. The van der Waals surface area contributed by atoms with E-state index in [1.807, 2.05) is 13.8 Å². The number of benzene rings is 1. The van der Waals surface area contributed by atoms with Gasteiger partial charge in [-0.2, -0.15) is 0 Å². The van der Waals surface area contributed by atoms with Crippen molar-refractivity contribution in [2.75, 3.05) is 0 Å². The first-order chi connectivity index (χ1) is 8.32. The van der Waals surface area contributed by atoms with Gasteiger partial charge in [0.1, 0.15) is 0 Å². The van der Waals surface area contributed by atoms with E-state index in [9.17, 15) is 13.6 Å². The second-order valence-corrected chi connectivity index (χ2v) is 5.32. The average molecular weight is 254 g/mol. The largest absolute Gasteiger partial charge is 0.349 e. The fourth-order valence-corrected chi connectivity index (χ4v) is 2.08. The minimum atomic E-state index is -1.02. The number of hydrogen-bond acceptors (Lipinski definition) is 2. The van der Waals surface area contributed by atoms with E-state index in [2.05, 4.69) is 5.32 Å². The summed E-state index contributed by atoms with van der Waals surface area (Å²) < 4.78 is 25.8. The zero-order valence-corrected chi connectivity index (χ0v) is 10.3. The molecule has 2 rings (SSSR count). The SMILES string of the molecule is CC1(C)C(N)CC1NC(=O)c1ccc(F)c(F)c1. The molecular weight excluding hydrogens is 238 g/mol. The highest BCUT2D eigenvalue weighted by molar-refractivity contribution is 5.94. The fraction of sp³-hybridized carbons (Fsp3) is 0.462. The molecule has 1 fully saturated rings. The van der Waals surface area contributed by atoms with Crippen LogP contribution in [-0.2, 0) is 0 Å². The number of nitrogens with one attached hydrogen (secondary N) is 1. The van der Waals surface area contributed by atoms with E-state index in [-0.39, 0.29) is 23.1 Å². The maximum atomic E-state index is 13.0. The lowest BCUT2D eigenvalue weighted by atomic mass is 9.63. The molecule has 1 aliphatic rings. The smallest absolute Gasteiger partial charge is 0.251 e. The van der Waals surface area contributed by atoms with Crippen molar-refractivity contribution < 1.29 is 13.6 Å². The summed E-state index contributed by atoms with van der Waals surface area (Å²) >= 11 is 0. The van der Waals surface area contributed by atoms with Crippen LogP contribution < -0.4 is 11.1 Å². The van der Waals surface area contributed by atoms with Crippen LogP contribution in [-0.4, -0.2) is 18.0 Å². The third kappa shape index (κ3) is 2.10. The van der Waals surface area contributed by atoms with Gasteiger partial charge in [-0.25, -0.2) is 8.78 Å². The quantitative estimate of drug-likeness (QED) is 0.845. The molecule has 0 aliphatic heterocycles. The molecule has 1 aliphatic carbocycles. The molecule has 3 N–H and O–H groups in total. The van der Waals surface area contributed by atoms with Gasteiger partial charge in [0.05, 0.1) is 0 Å². The zero-order chi connectivity index (χ0) is 13.5. The van der Waals surface area contributed by atoms with Crippen molar-refractivity contribution in [1.29, 1.82) is 0 Å². The number of carbonyl (C=O) groups is 1. The molecule has 0 aromatic heterocycles. The molecule has 2 unspecified atom stereocenters. The van der Waals surface area contributed by atoms with Crippen LogP contribution in [0.25, 0.3) is 0 Å². The van der Waals surface area contributed by atoms with Crippen LogP contribution in [0.4, 0.5) is 8.78 Å². The van der Waals surface area contributed by atoms with Crippen molar-refractivity contribution >= 4 is 5.91 Å². The average Bonchev–Trinajstić information content (AvgIpc) is 2.32. The molecule has 1 amide bonds. The number of nitrogens with two attached hydrogens (primary N) is 1. The van der Waals surface area contributed by atoms with Crippen LogP contribution >= 0.6 is 0 Å². The Hall–Kier alpha value is -1.49. The molecule has 1 aromatic rings. The van der Waals surface area contributed by atoms with E-state index < -0.39 is 17.5 Å². The van der Waals surface area contributed by atoms with Crippen molar-refractivity contribution in [2.24, 2.45) is 11.1 Å². The molecule has 0 heterocycles. The molecule has 2 atom stereocenters. The Morgan fingerprint density at radius 2 is 2.06 bits per heavy atom. The van der Waals surface area contributed by atoms with Gasteiger partial charge in [0.15, 0.2) is 11.6 Å². The Balaban J connectivity index is 2.07. The number of amides is 1. The van der Waals surface area contributed by atoms with Gasteiger partial charge < -0.3 is 11.1 Å². The van der Waals surface area contributed by atoms with E-state index in [1.54, 1.807) is 0 Å². The van der Waals surface area contributed by atoms with Crippen LogP contribution in [0, 0.1) is 17.0 Å². The van der Waals surface area contributed by atoms with Gasteiger partial charge in [0.25, 0.3) is 5.91 Å². The van der Waals surface area contributed by atoms with Gasteiger partial charge in [0.2, 0.25) is 0 Å². The Bertz CT molecular complexity index is 488. The Kier molecular flexibility index (Phi) is 3.11. The summed E-state index contributed by atoms with van der Waals surface area (Å²) in [5.41, 5.74) is 5.79. The summed E-state index contributed by atoms with van der Waals surface area (Å²) in [4.78, 5) is 11.9. The summed E-state index contributed by atoms with van der Waals surface area (Å²) in [5.74, 6) is -2.39. The summed E-state index contributed by atoms with van der Waals surface area (Å²) in [6.07, 6.45) is 0.697. The first kappa shape index (κ1) is 13.0. The van der Waals surface area contributed by atoms with Crippen LogP contribution in [0.15, 0.2) is 18.2 Å². The third-order valence-electron chi connectivity index (χ3n) is 3.83. The normalized spacial score (nSPS) is 25.4. The number of rotatable bonds is 2. The van der Waals surface area contributed by atoms with Crippen LogP contribution in [0.1, 0.15) is 30.6 Å². The molecule has 1 aromatic carbocycles. The van der Waals surface area contributed by atoms with Gasteiger partial charge in [0, 0.05) is 23.1 Å². The van der Waals surface area contributed by atoms with Gasteiger partial charge in [-0.05, 0) is 24.6 Å². The number of halogens is 2. The molecule has 3 nitrogen and oxygen atoms in total. The minimum absolute atomic E-state index is 0.0342. The van der Waals surface area contributed by atoms with Gasteiger partial charge in [-0.3, -0.25) is 4.79 Å². The Morgan fingerprint density at radius 3 is 2.56 bits per heavy atom. The Labute approximate surface area is 104 Å². The highest BCUT2D eigenvalue weighted by Gasteiger charge is 2.46. The monoisotopic (exact) mass is 254 g/mol. The highest BCUT2D eigenvalue weighted by atomic mass is 19.2. The topological polar surface area (TPSA) is 55.1 Å². The first-order valence-corrected chi connectivity index (χ1v) is 5.84. The third-order valence-corrected chi connectivity index (χ3v) is 3.83. The Morgan fingerprint density at radius 1 is 1.39 bits per heavy atom. The van der Waals surface area contributed by atoms with Crippen molar-refractivity contribution in [3.63, 3.8) is 0 Å². The van der Waals surface area contributed by atoms with E-state index in [4.69, 9.17) is 5.73 Å². The van der Waals surface area contributed by atoms with Gasteiger partial charge >= 0.3 is 0 Å². The second-order valence-electron chi connectivity index (χ2n) is 5.32. The molecule has 1 saturated carbocycles. The van der Waals surface area contributed by atoms with Crippen molar-refractivity contribution in [3.05, 3.63) is 35.4 Å². The molecule has 98 valence electrons. The molecule has 5 heteroatoms. The lowest BCUT2D eigenvalue weighted by molar-refractivity contribution is 0.0586. The van der Waals surface area contributed by atoms with E-state index in [0.29, 0.717) is 6.42 Å². The number of hydrogen-bond donors (Lipinski definition) is 2. The standard InChI is InChI=1S/C13H16F2N2O/c1-13(2)10(16)6-11(13)17-12(18)7-3-4-8(14)9(15)5-7/h3-5,10-11H,6,16H2,1-2H3,(H,17,18). The lowest BCUT2D eigenvalue weighted by Crippen LogP contribution is -2.64. The predicted octanol–water partition coefficient (Wildman–Crippen LogP) is 1.82. The van der Waals surface area contributed by atoms with E-state index in [1.165, 1.54) is 6.07 Å². The van der Waals surface area contributed by atoms with Crippen LogP contribution in [0.2, 0.25) is 0 Å². The van der Waals surface area contributed by atoms with Crippen molar-refractivity contribution in [2.45, 2.75) is 32.4 Å². The van der Waals surface area contributed by atoms with Crippen LogP contribution in [0.5, 0.6) is 0 Å².